The summed E-state index contributed by atoms with van der Waals surface area (Å²) in [6.45, 7) is 2.05. The number of aryl methyl sites for hydroxylation is 2. The van der Waals surface area contributed by atoms with Crippen LogP contribution in [0.15, 0.2) is 10.2 Å². The molecule has 0 saturated heterocycles. The van der Waals surface area contributed by atoms with Crippen molar-refractivity contribution >= 4 is 17.4 Å². The van der Waals surface area contributed by atoms with Gasteiger partial charge in [0, 0.05) is 7.05 Å². The maximum absolute atomic E-state index is 6.15. The third kappa shape index (κ3) is 2.28. The molecule has 0 aliphatic heterocycles. The van der Waals surface area contributed by atoms with E-state index < -0.39 is 0 Å². The zero-order valence-corrected chi connectivity index (χ0v) is 12.6. The molecule has 0 atom stereocenters. The molecule has 3 rings (SSSR count). The van der Waals surface area contributed by atoms with Crippen LogP contribution in [0.2, 0.25) is 0 Å². The van der Waals surface area contributed by atoms with E-state index in [0.717, 1.165) is 40.8 Å². The Morgan fingerprint density at radius 1 is 1.35 bits per heavy atom. The van der Waals surface area contributed by atoms with Gasteiger partial charge in [-0.2, -0.15) is 5.10 Å². The van der Waals surface area contributed by atoms with Crippen LogP contribution in [0.4, 0.5) is 5.69 Å². The number of tetrazole rings is 1. The first-order valence-corrected chi connectivity index (χ1v) is 7.79. The molecule has 2 N–H and O–H groups in total. The normalized spacial score (nSPS) is 16.1. The Morgan fingerprint density at radius 2 is 2.10 bits per heavy atom. The van der Waals surface area contributed by atoms with E-state index in [2.05, 4.69) is 27.5 Å². The summed E-state index contributed by atoms with van der Waals surface area (Å²) in [6.07, 6.45) is 5.64. The van der Waals surface area contributed by atoms with Gasteiger partial charge in [0.15, 0.2) is 0 Å². The van der Waals surface area contributed by atoms with Crippen LogP contribution in [0, 0.1) is 0 Å². The van der Waals surface area contributed by atoms with E-state index in [0.29, 0.717) is 6.04 Å². The second kappa shape index (κ2) is 5.43. The van der Waals surface area contributed by atoms with Crippen molar-refractivity contribution in [3.05, 3.63) is 5.69 Å². The molecule has 2 aromatic rings. The first-order chi connectivity index (χ1) is 9.70. The molecule has 0 unspecified atom stereocenters. The molecule has 0 amide bonds. The smallest absolute Gasteiger partial charge is 0.215 e. The quantitative estimate of drug-likeness (QED) is 0.925. The third-order valence-electron chi connectivity index (χ3n) is 3.76. The van der Waals surface area contributed by atoms with E-state index in [1.165, 1.54) is 24.6 Å². The zero-order chi connectivity index (χ0) is 14.1. The Labute approximate surface area is 121 Å². The molecule has 2 heterocycles. The maximum atomic E-state index is 6.15. The van der Waals surface area contributed by atoms with Gasteiger partial charge in [0.05, 0.1) is 17.4 Å². The summed E-state index contributed by atoms with van der Waals surface area (Å²) in [5, 5.41) is 18.2. The minimum atomic E-state index is 0.424. The molecule has 7 nitrogen and oxygen atoms in total. The average molecular weight is 293 g/mol. The fourth-order valence-corrected chi connectivity index (χ4v) is 3.61. The van der Waals surface area contributed by atoms with Crippen LogP contribution in [-0.2, 0) is 13.5 Å². The number of nitrogens with zero attached hydrogens (tertiary/aromatic N) is 6. The van der Waals surface area contributed by atoms with Gasteiger partial charge in [0.25, 0.3) is 0 Å². The summed E-state index contributed by atoms with van der Waals surface area (Å²) in [7, 11) is 1.90. The van der Waals surface area contributed by atoms with E-state index in [4.69, 9.17) is 5.73 Å². The second-order valence-corrected chi connectivity index (χ2v) is 6.05. The molecule has 1 fully saturated rings. The van der Waals surface area contributed by atoms with E-state index in [9.17, 15) is 0 Å². The van der Waals surface area contributed by atoms with Gasteiger partial charge in [-0.25, -0.2) is 4.68 Å². The number of anilines is 1. The number of aromatic nitrogens is 6. The number of rotatable bonds is 4. The molecule has 20 heavy (non-hydrogen) atoms. The van der Waals surface area contributed by atoms with Crippen LogP contribution in [0.5, 0.6) is 0 Å². The minimum absolute atomic E-state index is 0.424. The summed E-state index contributed by atoms with van der Waals surface area (Å²) in [6, 6.07) is 0.424. The fraction of sp³-hybridized carbons (Fsp3) is 0.667. The maximum Gasteiger partial charge on any atom is 0.215 e. The van der Waals surface area contributed by atoms with Gasteiger partial charge >= 0.3 is 0 Å². The van der Waals surface area contributed by atoms with Crippen LogP contribution < -0.4 is 5.73 Å². The van der Waals surface area contributed by atoms with Gasteiger partial charge in [-0.15, -0.1) is 5.10 Å². The van der Waals surface area contributed by atoms with Crippen molar-refractivity contribution < 1.29 is 0 Å². The highest BCUT2D eigenvalue weighted by Crippen LogP contribution is 2.36. The number of nitrogens with two attached hydrogens (primary N) is 1. The zero-order valence-electron chi connectivity index (χ0n) is 11.8. The van der Waals surface area contributed by atoms with E-state index >= 15 is 0 Å². The Kier molecular flexibility index (Phi) is 3.64. The molecule has 0 radical (unpaired) electrons. The monoisotopic (exact) mass is 293 g/mol. The van der Waals surface area contributed by atoms with Crippen LogP contribution in [0.3, 0.4) is 0 Å². The van der Waals surface area contributed by atoms with Gasteiger partial charge < -0.3 is 5.73 Å². The third-order valence-corrected chi connectivity index (χ3v) is 4.89. The highest BCUT2D eigenvalue weighted by molar-refractivity contribution is 7.99. The highest BCUT2D eigenvalue weighted by Gasteiger charge is 2.23. The number of hydrogen-bond donors (Lipinski definition) is 1. The lowest BCUT2D eigenvalue weighted by Crippen LogP contribution is -2.08. The van der Waals surface area contributed by atoms with Gasteiger partial charge in [-0.3, -0.25) is 4.68 Å². The van der Waals surface area contributed by atoms with Crippen molar-refractivity contribution in [1.29, 1.82) is 0 Å². The topological polar surface area (TPSA) is 87.4 Å². The van der Waals surface area contributed by atoms with E-state index in [1.807, 2.05) is 16.4 Å². The molecule has 1 aliphatic carbocycles. The summed E-state index contributed by atoms with van der Waals surface area (Å²) < 4.78 is 3.75. The molecular weight excluding hydrogens is 274 g/mol. The fourth-order valence-electron chi connectivity index (χ4n) is 2.68. The van der Waals surface area contributed by atoms with Crippen molar-refractivity contribution in [1.82, 2.24) is 30.0 Å². The van der Waals surface area contributed by atoms with Crippen molar-refractivity contribution in [3.8, 4) is 0 Å². The molecule has 0 bridgehead atoms. The van der Waals surface area contributed by atoms with Gasteiger partial charge in [0.1, 0.15) is 5.03 Å². The number of hydrogen-bond acceptors (Lipinski definition) is 6. The Morgan fingerprint density at radius 3 is 2.75 bits per heavy atom. The molecular formula is C12H19N7S. The molecule has 0 spiro atoms. The Balaban J connectivity index is 1.88. The lowest BCUT2D eigenvalue weighted by atomic mass is 10.3. The average Bonchev–Trinajstić information content (AvgIpc) is 3.14. The lowest BCUT2D eigenvalue weighted by molar-refractivity contribution is 0.423. The largest absolute Gasteiger partial charge is 0.395 e. The molecule has 2 aromatic heterocycles. The van der Waals surface area contributed by atoms with Gasteiger partial charge in [0.2, 0.25) is 5.16 Å². The lowest BCUT2D eigenvalue weighted by Gasteiger charge is -2.10. The SMILES string of the molecule is CCc1nn(C)c(Sc2nnnn2C2CCCC2)c1N. The molecule has 1 saturated carbocycles. The van der Waals surface area contributed by atoms with Gasteiger partial charge in [-0.05, 0) is 41.5 Å². The van der Waals surface area contributed by atoms with Gasteiger partial charge in [-0.1, -0.05) is 19.8 Å². The summed E-state index contributed by atoms with van der Waals surface area (Å²) in [4.78, 5) is 0. The van der Waals surface area contributed by atoms with E-state index in [1.54, 1.807) is 0 Å². The second-order valence-electron chi connectivity index (χ2n) is 5.09. The summed E-state index contributed by atoms with van der Waals surface area (Å²) in [5.41, 5.74) is 7.82. The first-order valence-electron chi connectivity index (χ1n) is 6.97. The Hall–Kier alpha value is -1.57. The van der Waals surface area contributed by atoms with E-state index in [-0.39, 0.29) is 0 Å². The minimum Gasteiger partial charge on any atom is -0.395 e. The van der Waals surface area contributed by atoms with Crippen molar-refractivity contribution in [2.24, 2.45) is 7.05 Å². The summed E-state index contributed by atoms with van der Waals surface area (Å²) >= 11 is 1.50. The van der Waals surface area contributed by atoms with Crippen LogP contribution in [0.1, 0.15) is 44.3 Å². The van der Waals surface area contributed by atoms with Crippen molar-refractivity contribution in [2.45, 2.75) is 55.3 Å². The highest BCUT2D eigenvalue weighted by atomic mass is 32.2. The van der Waals surface area contributed by atoms with Crippen LogP contribution >= 0.6 is 11.8 Å². The van der Waals surface area contributed by atoms with Crippen molar-refractivity contribution in [3.63, 3.8) is 0 Å². The Bertz CT molecular complexity index is 597. The molecule has 108 valence electrons. The standard InChI is InChI=1S/C12H19N7S/c1-3-9-10(13)11(18(2)15-9)20-12-14-16-17-19(12)8-6-4-5-7-8/h8H,3-7,13H2,1-2H3. The first kappa shape index (κ1) is 13.4. The predicted molar refractivity (Wildman–Crippen MR) is 76.4 cm³/mol. The molecule has 8 heteroatoms. The predicted octanol–water partition coefficient (Wildman–Crippen LogP) is 1.82. The van der Waals surface area contributed by atoms with Crippen LogP contribution in [0.25, 0.3) is 0 Å². The summed E-state index contributed by atoms with van der Waals surface area (Å²) in [5.74, 6) is 0. The van der Waals surface area contributed by atoms with Crippen molar-refractivity contribution in [2.75, 3.05) is 5.73 Å². The number of nitrogen functional groups attached to an aromatic ring is 1. The molecule has 1 aliphatic rings. The molecule has 0 aromatic carbocycles. The van der Waals surface area contributed by atoms with Crippen LogP contribution in [-0.4, -0.2) is 30.0 Å².